The van der Waals surface area contributed by atoms with Gasteiger partial charge >= 0.3 is 5.97 Å². The summed E-state index contributed by atoms with van der Waals surface area (Å²) in [4.78, 5) is 20.3. The summed E-state index contributed by atoms with van der Waals surface area (Å²) in [5.41, 5.74) is 0.751. The van der Waals surface area contributed by atoms with Gasteiger partial charge in [-0.3, -0.25) is 4.39 Å². The Hall–Kier alpha value is -5.24. The summed E-state index contributed by atoms with van der Waals surface area (Å²) in [6.07, 6.45) is 1.37. The molecular formula is C33H24F4N4O3. The van der Waals surface area contributed by atoms with E-state index in [2.05, 4.69) is 9.97 Å². The van der Waals surface area contributed by atoms with Crippen molar-refractivity contribution < 1.29 is 32.2 Å². The average molecular weight is 601 g/mol. The summed E-state index contributed by atoms with van der Waals surface area (Å²) < 4.78 is 65.6. The molecule has 2 aromatic heterocycles. The molecule has 0 unspecified atom stereocenters. The van der Waals surface area contributed by atoms with Crippen molar-refractivity contribution in [2.45, 2.75) is 32.4 Å². The topological polar surface area (TPSA) is 101 Å². The summed E-state index contributed by atoms with van der Waals surface area (Å²) >= 11 is 0. The van der Waals surface area contributed by atoms with E-state index in [1.165, 1.54) is 30.3 Å². The quantitative estimate of drug-likeness (QED) is 0.173. The largest absolute Gasteiger partial charge is 0.478 e. The highest BCUT2D eigenvalue weighted by atomic mass is 19.1. The SMILES string of the molecule is N#Cc1ccc(COc2cccc(-c3ccc(Cc4nc5c(F)cc(C(=O)O)cc5n4CC4(CF)CC4)cc3F)n2)c(F)c1. The Kier molecular flexibility index (Phi) is 7.51. The fourth-order valence-corrected chi connectivity index (χ4v) is 5.10. The number of aromatic nitrogens is 3. The predicted molar refractivity (Wildman–Crippen MR) is 152 cm³/mol. The first-order valence-corrected chi connectivity index (χ1v) is 13.7. The van der Waals surface area contributed by atoms with Crippen molar-refractivity contribution in [2.24, 2.45) is 5.41 Å². The van der Waals surface area contributed by atoms with Crippen LogP contribution in [0, 0.1) is 34.2 Å². The first-order valence-electron chi connectivity index (χ1n) is 13.7. The zero-order valence-electron chi connectivity index (χ0n) is 23.2. The fraction of sp³-hybridized carbons (Fsp3) is 0.212. The van der Waals surface area contributed by atoms with Crippen LogP contribution >= 0.6 is 0 Å². The molecule has 0 spiro atoms. The Labute approximate surface area is 249 Å². The number of nitriles is 1. The number of hydrogen-bond donors (Lipinski definition) is 1. The number of halogens is 4. The van der Waals surface area contributed by atoms with Crippen LogP contribution in [0.1, 0.15) is 45.7 Å². The van der Waals surface area contributed by atoms with Crippen LogP contribution in [-0.2, 0) is 19.6 Å². The smallest absolute Gasteiger partial charge is 0.335 e. The van der Waals surface area contributed by atoms with E-state index in [1.54, 1.807) is 28.8 Å². The van der Waals surface area contributed by atoms with Crippen LogP contribution in [0.25, 0.3) is 22.3 Å². The summed E-state index contributed by atoms with van der Waals surface area (Å²) in [7, 11) is 0. The van der Waals surface area contributed by atoms with Gasteiger partial charge in [-0.05, 0) is 60.9 Å². The molecule has 1 N–H and O–H groups in total. The van der Waals surface area contributed by atoms with Crippen molar-refractivity contribution in [2.75, 3.05) is 6.67 Å². The number of pyridine rings is 1. The molecule has 3 aromatic carbocycles. The van der Waals surface area contributed by atoms with Crippen LogP contribution in [0.15, 0.2) is 66.7 Å². The number of fused-ring (bicyclic) bond motifs is 1. The molecule has 2 heterocycles. The summed E-state index contributed by atoms with van der Waals surface area (Å²) in [5.74, 6) is -2.77. The van der Waals surface area contributed by atoms with Crippen LogP contribution in [0.2, 0.25) is 0 Å². The number of nitrogens with zero attached hydrogens (tertiary/aromatic N) is 4. The molecule has 0 saturated heterocycles. The van der Waals surface area contributed by atoms with Crippen LogP contribution in [-0.4, -0.2) is 32.3 Å². The lowest BCUT2D eigenvalue weighted by atomic mass is 10.0. The maximum atomic E-state index is 15.4. The van der Waals surface area contributed by atoms with E-state index in [9.17, 15) is 23.1 Å². The number of imidazole rings is 1. The normalized spacial score (nSPS) is 13.5. The number of benzene rings is 3. The Morgan fingerprint density at radius 3 is 2.50 bits per heavy atom. The predicted octanol–water partition coefficient (Wildman–Crippen LogP) is 7.00. The highest BCUT2D eigenvalue weighted by Gasteiger charge is 2.44. The first kappa shape index (κ1) is 28.9. The molecule has 0 radical (unpaired) electrons. The lowest BCUT2D eigenvalue weighted by Gasteiger charge is -2.16. The second-order valence-electron chi connectivity index (χ2n) is 10.9. The molecule has 11 heteroatoms. The highest BCUT2D eigenvalue weighted by molar-refractivity contribution is 5.92. The van der Waals surface area contributed by atoms with Crippen molar-refractivity contribution in [3.05, 3.63) is 112 Å². The van der Waals surface area contributed by atoms with Crippen LogP contribution in [0.3, 0.4) is 0 Å². The first-order chi connectivity index (χ1) is 21.2. The van der Waals surface area contributed by atoms with Gasteiger partial charge < -0.3 is 14.4 Å². The number of carboxylic acids is 1. The van der Waals surface area contributed by atoms with E-state index in [4.69, 9.17) is 10.00 Å². The summed E-state index contributed by atoms with van der Waals surface area (Å²) in [5, 5.41) is 18.3. The van der Waals surface area contributed by atoms with Gasteiger partial charge in [0, 0.05) is 35.6 Å². The minimum Gasteiger partial charge on any atom is -0.478 e. The summed E-state index contributed by atoms with van der Waals surface area (Å²) in [6, 6.07) is 17.4. The molecule has 1 aliphatic carbocycles. The lowest BCUT2D eigenvalue weighted by Crippen LogP contribution is -2.16. The Morgan fingerprint density at radius 2 is 1.82 bits per heavy atom. The van der Waals surface area contributed by atoms with E-state index in [1.807, 2.05) is 6.07 Å². The lowest BCUT2D eigenvalue weighted by molar-refractivity contribution is 0.0696. The second-order valence-corrected chi connectivity index (χ2v) is 10.9. The Morgan fingerprint density at radius 1 is 1.00 bits per heavy atom. The Balaban J connectivity index is 1.26. The number of carboxylic acid groups (broad SMARTS) is 1. The van der Waals surface area contributed by atoms with Crippen molar-refractivity contribution in [3.8, 4) is 23.2 Å². The molecule has 1 fully saturated rings. The molecule has 0 amide bonds. The number of aromatic carboxylic acids is 1. The zero-order chi connectivity index (χ0) is 31.0. The van der Waals surface area contributed by atoms with Gasteiger partial charge in [0.1, 0.15) is 29.6 Å². The van der Waals surface area contributed by atoms with Crippen molar-refractivity contribution in [1.29, 1.82) is 5.26 Å². The molecule has 5 aromatic rings. The van der Waals surface area contributed by atoms with E-state index >= 15 is 4.39 Å². The zero-order valence-corrected chi connectivity index (χ0v) is 23.2. The third-order valence-corrected chi connectivity index (χ3v) is 7.82. The van der Waals surface area contributed by atoms with Gasteiger partial charge in [0.25, 0.3) is 0 Å². The van der Waals surface area contributed by atoms with Crippen molar-refractivity contribution in [1.82, 2.24) is 14.5 Å². The minimum atomic E-state index is -1.30. The second kappa shape index (κ2) is 11.4. The van der Waals surface area contributed by atoms with Gasteiger partial charge in [-0.25, -0.2) is 27.9 Å². The van der Waals surface area contributed by atoms with E-state index in [0.29, 0.717) is 24.2 Å². The minimum absolute atomic E-state index is 0.0290. The van der Waals surface area contributed by atoms with E-state index < -0.39 is 35.5 Å². The average Bonchev–Trinajstić information content (AvgIpc) is 3.71. The van der Waals surface area contributed by atoms with Gasteiger partial charge in [-0.2, -0.15) is 5.26 Å². The number of alkyl halides is 1. The molecule has 1 aliphatic rings. The molecule has 1 saturated carbocycles. The van der Waals surface area contributed by atoms with Crippen molar-refractivity contribution >= 4 is 17.0 Å². The third-order valence-electron chi connectivity index (χ3n) is 7.82. The molecule has 7 nitrogen and oxygen atoms in total. The van der Waals surface area contributed by atoms with Gasteiger partial charge in [0.05, 0.1) is 35.1 Å². The van der Waals surface area contributed by atoms with Gasteiger partial charge in [-0.15, -0.1) is 0 Å². The summed E-state index contributed by atoms with van der Waals surface area (Å²) in [6.45, 7) is -0.523. The molecule has 0 atom stereocenters. The Bertz CT molecular complexity index is 1960. The number of carbonyl (C=O) groups is 1. The van der Waals surface area contributed by atoms with E-state index in [-0.39, 0.29) is 64.4 Å². The molecule has 44 heavy (non-hydrogen) atoms. The monoisotopic (exact) mass is 600 g/mol. The standard InChI is InChI=1S/C33H24F4N4O3/c34-17-33(8-9-33)18-41-28-14-22(32(42)43)13-26(37)31(28)40-29(41)12-19-5-7-23(25(36)10-19)27-2-1-3-30(39-27)44-16-21-6-4-20(15-38)11-24(21)35/h1-7,10-11,13-14H,8-9,12,16-18H2,(H,42,43). The number of ether oxygens (including phenoxy) is 1. The van der Waals surface area contributed by atoms with Crippen LogP contribution < -0.4 is 4.74 Å². The van der Waals surface area contributed by atoms with E-state index in [0.717, 1.165) is 12.1 Å². The highest BCUT2D eigenvalue weighted by Crippen LogP contribution is 2.48. The fourth-order valence-electron chi connectivity index (χ4n) is 5.10. The van der Waals surface area contributed by atoms with Gasteiger partial charge in [0.2, 0.25) is 5.88 Å². The van der Waals surface area contributed by atoms with Crippen LogP contribution in [0.5, 0.6) is 5.88 Å². The molecular weight excluding hydrogens is 576 g/mol. The number of rotatable bonds is 10. The maximum absolute atomic E-state index is 15.4. The molecule has 222 valence electrons. The maximum Gasteiger partial charge on any atom is 0.335 e. The van der Waals surface area contributed by atoms with Crippen molar-refractivity contribution in [3.63, 3.8) is 0 Å². The molecule has 0 bridgehead atoms. The van der Waals surface area contributed by atoms with Crippen LogP contribution in [0.4, 0.5) is 17.6 Å². The van der Waals surface area contributed by atoms with Gasteiger partial charge in [0.15, 0.2) is 5.82 Å². The third kappa shape index (κ3) is 5.71. The molecule has 6 rings (SSSR count). The van der Waals surface area contributed by atoms with Gasteiger partial charge in [-0.1, -0.05) is 18.2 Å². The number of hydrogen-bond acceptors (Lipinski definition) is 5. The molecule has 0 aliphatic heterocycles.